The topological polar surface area (TPSA) is 6.48 Å². The maximum absolute atomic E-state index is 3.87. The number of para-hydroxylation sites is 2. The van der Waals surface area contributed by atoms with Gasteiger partial charge in [-0.15, -0.1) is 0 Å². The molecule has 0 amide bonds. The van der Waals surface area contributed by atoms with E-state index in [0.717, 1.165) is 58.1 Å². The van der Waals surface area contributed by atoms with E-state index in [2.05, 4.69) is 205 Å². The van der Waals surface area contributed by atoms with E-state index in [9.17, 15) is 0 Å². The van der Waals surface area contributed by atoms with Gasteiger partial charge in [0.25, 0.3) is 0 Å². The van der Waals surface area contributed by atoms with Gasteiger partial charge in [-0.25, -0.2) is 0 Å². The largest absolute Gasteiger partial charge is 0.311 e. The first-order valence-electron chi connectivity index (χ1n) is 17.1. The van der Waals surface area contributed by atoms with E-state index in [0.29, 0.717) is 0 Å². The average molecular weight is 645 g/mol. The second kappa shape index (κ2) is 15.2. The molecule has 0 bridgehead atoms. The van der Waals surface area contributed by atoms with Crippen molar-refractivity contribution in [3.8, 4) is 0 Å². The Morgan fingerprint density at radius 3 is 0.820 bits per heavy atom. The molecule has 7 rings (SSSR count). The Morgan fingerprint density at radius 1 is 0.300 bits per heavy atom. The Kier molecular flexibility index (Phi) is 9.80. The number of nitrogens with zero attached hydrogens (tertiary/aromatic N) is 2. The third-order valence-corrected chi connectivity index (χ3v) is 9.03. The van der Waals surface area contributed by atoms with E-state index >= 15 is 0 Å². The molecule has 50 heavy (non-hydrogen) atoms. The standard InChI is InChI=1S/C48H40N2/c1-3-37-15-19-39(20-16-37)35-41-23-27-45(28-24-41)49(43-11-7-5-8-12-43)47-31-33-48(34-32-47)50(44-13-9-6-10-14-44)46-29-25-42(26-30-46)36-40-21-17-38(4-2)18-22-40/h3-34H,1-2,35-36H2. The zero-order valence-corrected chi connectivity index (χ0v) is 28.2. The summed E-state index contributed by atoms with van der Waals surface area (Å²) in [5.41, 5.74) is 14.1. The van der Waals surface area contributed by atoms with Crippen LogP contribution in [0.3, 0.4) is 0 Å². The van der Waals surface area contributed by atoms with Gasteiger partial charge in [0, 0.05) is 34.1 Å². The minimum atomic E-state index is 0.886. The second-order valence-corrected chi connectivity index (χ2v) is 12.4. The van der Waals surface area contributed by atoms with Crippen LogP contribution in [-0.4, -0.2) is 0 Å². The Labute approximate surface area is 296 Å². The van der Waals surface area contributed by atoms with Crippen LogP contribution in [0.25, 0.3) is 12.2 Å². The monoisotopic (exact) mass is 644 g/mol. The van der Waals surface area contributed by atoms with E-state index < -0.39 is 0 Å². The molecule has 0 aromatic heterocycles. The molecule has 0 atom stereocenters. The summed E-state index contributed by atoms with van der Waals surface area (Å²) in [6, 6.07) is 65.0. The first-order valence-corrected chi connectivity index (χ1v) is 17.1. The normalized spacial score (nSPS) is 10.7. The van der Waals surface area contributed by atoms with E-state index in [1.165, 1.54) is 22.3 Å². The number of hydrogen-bond acceptors (Lipinski definition) is 2. The van der Waals surface area contributed by atoms with Crippen molar-refractivity contribution in [2.75, 3.05) is 9.80 Å². The van der Waals surface area contributed by atoms with Crippen molar-refractivity contribution in [2.24, 2.45) is 0 Å². The molecule has 0 spiro atoms. The SMILES string of the molecule is C=Cc1ccc(Cc2ccc(N(c3ccccc3)c3ccc(N(c4ccccc4)c4ccc(Cc5ccc(C=C)cc5)cc4)cc3)cc2)cc1. The van der Waals surface area contributed by atoms with E-state index in [1.807, 2.05) is 12.2 Å². The average Bonchev–Trinajstić information content (AvgIpc) is 3.18. The molecule has 0 fully saturated rings. The molecule has 0 aliphatic rings. The van der Waals surface area contributed by atoms with Crippen LogP contribution < -0.4 is 9.80 Å². The fraction of sp³-hybridized carbons (Fsp3) is 0.0417. The fourth-order valence-electron chi connectivity index (χ4n) is 6.34. The minimum Gasteiger partial charge on any atom is -0.311 e. The van der Waals surface area contributed by atoms with Gasteiger partial charge < -0.3 is 9.80 Å². The van der Waals surface area contributed by atoms with Crippen LogP contribution in [-0.2, 0) is 12.8 Å². The maximum Gasteiger partial charge on any atom is 0.0463 e. The molecular weight excluding hydrogens is 605 g/mol. The number of rotatable bonds is 12. The van der Waals surface area contributed by atoms with Gasteiger partial charge in [-0.05, 0) is 119 Å². The highest BCUT2D eigenvalue weighted by Gasteiger charge is 2.16. The lowest BCUT2D eigenvalue weighted by atomic mass is 10.0. The lowest BCUT2D eigenvalue weighted by Crippen LogP contribution is -2.12. The van der Waals surface area contributed by atoms with E-state index in [1.54, 1.807) is 0 Å². The highest BCUT2D eigenvalue weighted by molar-refractivity contribution is 5.81. The quantitative estimate of drug-likeness (QED) is 0.131. The summed E-state index contributed by atoms with van der Waals surface area (Å²) in [6.07, 6.45) is 5.53. The summed E-state index contributed by atoms with van der Waals surface area (Å²) < 4.78 is 0. The molecule has 0 saturated heterocycles. The summed E-state index contributed by atoms with van der Waals surface area (Å²) in [5, 5.41) is 0. The van der Waals surface area contributed by atoms with Crippen molar-refractivity contribution in [1.29, 1.82) is 0 Å². The Hall–Kier alpha value is -6.38. The fourth-order valence-corrected chi connectivity index (χ4v) is 6.34. The summed E-state index contributed by atoms with van der Waals surface area (Å²) in [6.45, 7) is 7.74. The molecule has 242 valence electrons. The van der Waals surface area contributed by atoms with Crippen LogP contribution in [0.5, 0.6) is 0 Å². The molecule has 0 aliphatic carbocycles. The molecule has 0 unspecified atom stereocenters. The third-order valence-electron chi connectivity index (χ3n) is 9.03. The summed E-state index contributed by atoms with van der Waals surface area (Å²) in [5.74, 6) is 0. The molecule has 0 radical (unpaired) electrons. The summed E-state index contributed by atoms with van der Waals surface area (Å²) in [4.78, 5) is 4.63. The highest BCUT2D eigenvalue weighted by atomic mass is 15.2. The van der Waals surface area contributed by atoms with Gasteiger partial charge in [0.05, 0.1) is 0 Å². The van der Waals surface area contributed by atoms with Crippen molar-refractivity contribution >= 4 is 46.3 Å². The van der Waals surface area contributed by atoms with Crippen LogP contribution in [0, 0.1) is 0 Å². The first-order chi connectivity index (χ1) is 24.7. The Balaban J connectivity index is 1.16. The summed E-state index contributed by atoms with van der Waals surface area (Å²) >= 11 is 0. The van der Waals surface area contributed by atoms with E-state index in [-0.39, 0.29) is 0 Å². The van der Waals surface area contributed by atoms with Crippen LogP contribution in [0.2, 0.25) is 0 Å². The molecule has 2 nitrogen and oxygen atoms in total. The third kappa shape index (κ3) is 7.51. The molecule has 0 saturated carbocycles. The van der Waals surface area contributed by atoms with Crippen molar-refractivity contribution in [3.05, 3.63) is 229 Å². The predicted molar refractivity (Wildman–Crippen MR) is 214 cm³/mol. The minimum absolute atomic E-state index is 0.886. The zero-order chi connectivity index (χ0) is 34.1. The van der Waals surface area contributed by atoms with Gasteiger partial charge in [-0.2, -0.15) is 0 Å². The van der Waals surface area contributed by atoms with Gasteiger partial charge in [-0.1, -0.05) is 135 Å². The second-order valence-electron chi connectivity index (χ2n) is 12.4. The van der Waals surface area contributed by atoms with Gasteiger partial charge in [0.1, 0.15) is 0 Å². The molecule has 7 aromatic carbocycles. The van der Waals surface area contributed by atoms with Crippen LogP contribution >= 0.6 is 0 Å². The maximum atomic E-state index is 3.87. The predicted octanol–water partition coefficient (Wildman–Crippen LogP) is 13.1. The van der Waals surface area contributed by atoms with Gasteiger partial charge in [-0.3, -0.25) is 0 Å². The smallest absolute Gasteiger partial charge is 0.0463 e. The van der Waals surface area contributed by atoms with Crippen molar-refractivity contribution in [2.45, 2.75) is 12.8 Å². The molecule has 0 heterocycles. The molecular formula is C48H40N2. The zero-order valence-electron chi connectivity index (χ0n) is 28.2. The summed E-state index contributed by atoms with van der Waals surface area (Å²) in [7, 11) is 0. The number of benzene rings is 7. The lowest BCUT2D eigenvalue weighted by molar-refractivity contribution is 1.18. The Bertz CT molecular complexity index is 1970. The van der Waals surface area contributed by atoms with Crippen molar-refractivity contribution < 1.29 is 0 Å². The van der Waals surface area contributed by atoms with E-state index in [4.69, 9.17) is 0 Å². The van der Waals surface area contributed by atoms with Crippen LogP contribution in [0.1, 0.15) is 33.4 Å². The van der Waals surface area contributed by atoms with Gasteiger partial charge >= 0.3 is 0 Å². The lowest BCUT2D eigenvalue weighted by Gasteiger charge is -2.28. The first kappa shape index (κ1) is 32.2. The van der Waals surface area contributed by atoms with Crippen LogP contribution in [0.4, 0.5) is 34.1 Å². The molecule has 0 aliphatic heterocycles. The highest BCUT2D eigenvalue weighted by Crippen LogP contribution is 2.39. The van der Waals surface area contributed by atoms with Gasteiger partial charge in [0.2, 0.25) is 0 Å². The van der Waals surface area contributed by atoms with Crippen molar-refractivity contribution in [1.82, 2.24) is 0 Å². The number of hydrogen-bond donors (Lipinski definition) is 0. The molecule has 7 aromatic rings. The Morgan fingerprint density at radius 2 is 0.540 bits per heavy atom. The van der Waals surface area contributed by atoms with Crippen molar-refractivity contribution in [3.63, 3.8) is 0 Å². The number of anilines is 6. The molecule has 0 N–H and O–H groups in total. The molecule has 2 heteroatoms. The van der Waals surface area contributed by atoms with Gasteiger partial charge in [0.15, 0.2) is 0 Å². The van der Waals surface area contributed by atoms with Crippen LogP contribution in [0.15, 0.2) is 195 Å².